The van der Waals surface area contributed by atoms with Crippen LogP contribution in [-0.2, 0) is 18.0 Å². The van der Waals surface area contributed by atoms with Gasteiger partial charge in [0.25, 0.3) is 0 Å². The van der Waals surface area contributed by atoms with Gasteiger partial charge in [0.1, 0.15) is 23.0 Å². The zero-order chi connectivity index (χ0) is 21.5. The largest absolute Gasteiger partial charge is 0.497 e. The predicted molar refractivity (Wildman–Crippen MR) is 122 cm³/mol. The van der Waals surface area contributed by atoms with E-state index in [1.54, 1.807) is 28.4 Å². The third-order valence-corrected chi connectivity index (χ3v) is 6.00. The Bertz CT molecular complexity index is 1310. The molecule has 5 rings (SSSR count). The first-order valence-electron chi connectivity index (χ1n) is 10.1. The normalized spacial score (nSPS) is 12.8. The lowest BCUT2D eigenvalue weighted by Crippen LogP contribution is -2.00. The molecule has 0 radical (unpaired) electrons. The number of hydrogen-bond donors (Lipinski definition) is 0. The second kappa shape index (κ2) is 7.67. The fourth-order valence-corrected chi connectivity index (χ4v) is 4.65. The molecule has 0 atom stereocenters. The lowest BCUT2D eigenvalue weighted by Gasteiger charge is -2.21. The molecule has 0 saturated heterocycles. The molecule has 1 aliphatic heterocycles. The lowest BCUT2D eigenvalue weighted by atomic mass is 9.87. The van der Waals surface area contributed by atoms with Crippen molar-refractivity contribution in [2.45, 2.75) is 13.2 Å². The van der Waals surface area contributed by atoms with Crippen molar-refractivity contribution < 1.29 is 23.7 Å². The zero-order valence-corrected chi connectivity index (χ0v) is 18.1. The van der Waals surface area contributed by atoms with E-state index in [1.165, 1.54) is 0 Å². The fourth-order valence-electron chi connectivity index (χ4n) is 4.65. The van der Waals surface area contributed by atoms with Crippen molar-refractivity contribution in [2.75, 3.05) is 28.4 Å². The topological polar surface area (TPSA) is 46.2 Å². The standard InChI is InChI=1S/C26H24O5/c1-27-16-9-10-22(28-2)19(12-16)23-21-14-31-13-15(21)11-20-24(23)26(30-4)18-8-6-5-7-17(18)25(20)29-3/h5-12H,13-14H2,1-4H3. The SMILES string of the molecule is COc1ccc(OC)c(-c2c3c(cc4c(OC)c5ccccc5c(OC)c24)COC3)c1. The molecular formula is C26H24O5. The molecule has 0 fully saturated rings. The minimum absolute atomic E-state index is 0.527. The smallest absolute Gasteiger partial charge is 0.135 e. The summed E-state index contributed by atoms with van der Waals surface area (Å²) in [5.74, 6) is 3.15. The van der Waals surface area contributed by atoms with Gasteiger partial charge >= 0.3 is 0 Å². The van der Waals surface area contributed by atoms with Gasteiger partial charge in [-0.3, -0.25) is 0 Å². The summed E-state index contributed by atoms with van der Waals surface area (Å²) >= 11 is 0. The molecule has 31 heavy (non-hydrogen) atoms. The van der Waals surface area contributed by atoms with E-state index in [0.29, 0.717) is 13.2 Å². The van der Waals surface area contributed by atoms with E-state index in [0.717, 1.165) is 66.8 Å². The summed E-state index contributed by atoms with van der Waals surface area (Å²) in [5.41, 5.74) is 4.24. The van der Waals surface area contributed by atoms with Crippen molar-refractivity contribution in [1.29, 1.82) is 0 Å². The van der Waals surface area contributed by atoms with Crippen molar-refractivity contribution in [3.8, 4) is 34.1 Å². The van der Waals surface area contributed by atoms with Crippen LogP contribution in [0.3, 0.4) is 0 Å². The summed E-state index contributed by atoms with van der Waals surface area (Å²) in [6.45, 7) is 1.09. The monoisotopic (exact) mass is 416 g/mol. The number of benzene rings is 4. The Kier molecular flexibility index (Phi) is 4.83. The molecule has 0 bridgehead atoms. The molecule has 0 spiro atoms. The molecule has 0 aliphatic carbocycles. The van der Waals surface area contributed by atoms with Gasteiger partial charge in [0.15, 0.2) is 0 Å². The first-order chi connectivity index (χ1) is 15.2. The number of methoxy groups -OCH3 is 4. The molecule has 0 N–H and O–H groups in total. The Morgan fingerprint density at radius 2 is 1.45 bits per heavy atom. The number of rotatable bonds is 5. The zero-order valence-electron chi connectivity index (χ0n) is 18.1. The molecule has 158 valence electrons. The van der Waals surface area contributed by atoms with Crippen molar-refractivity contribution in [1.82, 2.24) is 0 Å². The van der Waals surface area contributed by atoms with E-state index in [1.807, 2.05) is 30.3 Å². The van der Waals surface area contributed by atoms with E-state index in [4.69, 9.17) is 23.7 Å². The van der Waals surface area contributed by atoms with Crippen LogP contribution in [0.2, 0.25) is 0 Å². The quantitative estimate of drug-likeness (QED) is 0.389. The summed E-state index contributed by atoms with van der Waals surface area (Å²) in [5, 5.41) is 3.98. The molecular weight excluding hydrogens is 392 g/mol. The molecule has 0 amide bonds. The summed E-state index contributed by atoms with van der Waals surface area (Å²) in [6, 6.07) is 16.2. The summed E-state index contributed by atoms with van der Waals surface area (Å²) in [4.78, 5) is 0. The molecule has 1 aliphatic rings. The summed E-state index contributed by atoms with van der Waals surface area (Å²) < 4.78 is 29.1. The number of ether oxygens (including phenoxy) is 5. The maximum absolute atomic E-state index is 6.02. The van der Waals surface area contributed by atoms with Crippen molar-refractivity contribution in [3.63, 3.8) is 0 Å². The van der Waals surface area contributed by atoms with Gasteiger partial charge in [-0.2, -0.15) is 0 Å². The first kappa shape index (κ1) is 19.5. The molecule has 0 saturated carbocycles. The van der Waals surface area contributed by atoms with Crippen LogP contribution in [-0.4, -0.2) is 28.4 Å². The first-order valence-corrected chi connectivity index (χ1v) is 10.1. The van der Waals surface area contributed by atoms with Crippen molar-refractivity contribution in [3.05, 3.63) is 59.7 Å². The number of fused-ring (bicyclic) bond motifs is 3. The Balaban J connectivity index is 2.04. The average molecular weight is 416 g/mol. The Hall–Kier alpha value is -3.44. The highest BCUT2D eigenvalue weighted by atomic mass is 16.5. The van der Waals surface area contributed by atoms with Gasteiger partial charge in [-0.1, -0.05) is 24.3 Å². The molecule has 1 heterocycles. The van der Waals surface area contributed by atoms with Crippen LogP contribution in [0.4, 0.5) is 0 Å². The van der Waals surface area contributed by atoms with Gasteiger partial charge < -0.3 is 23.7 Å². The fraction of sp³-hybridized carbons (Fsp3) is 0.231. The Morgan fingerprint density at radius 3 is 2.13 bits per heavy atom. The maximum atomic E-state index is 6.02. The summed E-state index contributed by atoms with van der Waals surface area (Å²) in [6.07, 6.45) is 0. The highest BCUT2D eigenvalue weighted by molar-refractivity contribution is 6.17. The van der Waals surface area contributed by atoms with E-state index in [2.05, 4.69) is 18.2 Å². The van der Waals surface area contributed by atoms with Crippen LogP contribution in [0.25, 0.3) is 32.7 Å². The lowest BCUT2D eigenvalue weighted by molar-refractivity contribution is 0.134. The number of hydrogen-bond acceptors (Lipinski definition) is 5. The predicted octanol–water partition coefficient (Wildman–Crippen LogP) is 5.72. The van der Waals surface area contributed by atoms with E-state index in [9.17, 15) is 0 Å². The van der Waals surface area contributed by atoms with E-state index < -0.39 is 0 Å². The molecule has 5 nitrogen and oxygen atoms in total. The van der Waals surface area contributed by atoms with Crippen molar-refractivity contribution in [2.24, 2.45) is 0 Å². The van der Waals surface area contributed by atoms with Gasteiger partial charge in [-0.15, -0.1) is 0 Å². The second-order valence-corrected chi connectivity index (χ2v) is 7.48. The molecule has 0 unspecified atom stereocenters. The van der Waals surface area contributed by atoms with Gasteiger partial charge in [0.05, 0.1) is 41.7 Å². The minimum Gasteiger partial charge on any atom is -0.497 e. The molecule has 5 heteroatoms. The van der Waals surface area contributed by atoms with Crippen LogP contribution in [0.1, 0.15) is 11.1 Å². The van der Waals surface area contributed by atoms with Crippen LogP contribution in [0.15, 0.2) is 48.5 Å². The van der Waals surface area contributed by atoms with Crippen LogP contribution in [0, 0.1) is 0 Å². The van der Waals surface area contributed by atoms with Crippen LogP contribution in [0.5, 0.6) is 23.0 Å². The van der Waals surface area contributed by atoms with Gasteiger partial charge in [0, 0.05) is 32.7 Å². The maximum Gasteiger partial charge on any atom is 0.135 e. The van der Waals surface area contributed by atoms with Gasteiger partial charge in [-0.05, 0) is 35.4 Å². The van der Waals surface area contributed by atoms with Crippen LogP contribution < -0.4 is 18.9 Å². The molecule has 4 aromatic carbocycles. The Morgan fingerprint density at radius 1 is 0.710 bits per heavy atom. The highest BCUT2D eigenvalue weighted by Crippen LogP contribution is 2.51. The van der Waals surface area contributed by atoms with Gasteiger partial charge in [0.2, 0.25) is 0 Å². The highest BCUT2D eigenvalue weighted by Gasteiger charge is 2.27. The third-order valence-electron chi connectivity index (χ3n) is 6.00. The minimum atomic E-state index is 0.527. The van der Waals surface area contributed by atoms with Gasteiger partial charge in [-0.25, -0.2) is 0 Å². The second-order valence-electron chi connectivity index (χ2n) is 7.48. The van der Waals surface area contributed by atoms with Crippen molar-refractivity contribution >= 4 is 21.5 Å². The molecule has 0 aromatic heterocycles. The van der Waals surface area contributed by atoms with E-state index in [-0.39, 0.29) is 0 Å². The van der Waals surface area contributed by atoms with Crippen LogP contribution >= 0.6 is 0 Å². The third kappa shape index (κ3) is 2.88. The average Bonchev–Trinajstić information content (AvgIpc) is 3.29. The molecule has 4 aromatic rings. The van der Waals surface area contributed by atoms with E-state index >= 15 is 0 Å². The Labute approximate surface area is 181 Å². The summed E-state index contributed by atoms with van der Waals surface area (Å²) in [7, 11) is 6.77.